The highest BCUT2D eigenvalue weighted by Gasteiger charge is 2.26. The molecule has 0 radical (unpaired) electrons. The van der Waals surface area contributed by atoms with Crippen LogP contribution in [0.15, 0.2) is 41.7 Å². The van der Waals surface area contributed by atoms with E-state index in [0.29, 0.717) is 24.1 Å². The van der Waals surface area contributed by atoms with E-state index in [1.54, 1.807) is 35.0 Å². The first-order valence-corrected chi connectivity index (χ1v) is 10.9. The van der Waals surface area contributed by atoms with E-state index < -0.39 is 0 Å². The minimum absolute atomic E-state index is 0.315. The van der Waals surface area contributed by atoms with Gasteiger partial charge in [0.05, 0.1) is 12.1 Å². The van der Waals surface area contributed by atoms with Gasteiger partial charge in [-0.2, -0.15) is 0 Å². The van der Waals surface area contributed by atoms with E-state index in [0.717, 1.165) is 42.0 Å². The van der Waals surface area contributed by atoms with Gasteiger partial charge in [-0.15, -0.1) is 5.10 Å². The summed E-state index contributed by atoms with van der Waals surface area (Å²) < 4.78 is 7.42. The van der Waals surface area contributed by atoms with Gasteiger partial charge in [0, 0.05) is 42.5 Å². The van der Waals surface area contributed by atoms with Gasteiger partial charge in [-0.25, -0.2) is 9.48 Å². The van der Waals surface area contributed by atoms with Crippen molar-refractivity contribution in [2.24, 2.45) is 0 Å². The molecule has 3 aromatic rings. The molecule has 4 rings (SSSR count). The fraction of sp³-hybridized carbons (Fsp3) is 0.450. The van der Waals surface area contributed by atoms with Crippen molar-refractivity contribution in [2.75, 3.05) is 33.7 Å². The lowest BCUT2D eigenvalue weighted by Gasteiger charge is -2.30. The van der Waals surface area contributed by atoms with Crippen LogP contribution in [0, 0.1) is 0 Å². The van der Waals surface area contributed by atoms with Crippen molar-refractivity contribution < 1.29 is 9.53 Å². The van der Waals surface area contributed by atoms with Crippen LogP contribution in [0.4, 0.5) is 4.79 Å². The van der Waals surface area contributed by atoms with Gasteiger partial charge in [0.1, 0.15) is 5.75 Å². The lowest BCUT2D eigenvalue weighted by molar-refractivity contribution is 0.143. The van der Waals surface area contributed by atoms with E-state index in [1.165, 1.54) is 0 Å². The maximum atomic E-state index is 12.6. The Hall–Kier alpha value is -2.72. The Morgan fingerprint density at radius 2 is 2.10 bits per heavy atom. The fourth-order valence-electron chi connectivity index (χ4n) is 3.30. The molecule has 30 heavy (non-hydrogen) atoms. The van der Waals surface area contributed by atoms with Crippen molar-refractivity contribution in [3.8, 4) is 5.75 Å². The van der Waals surface area contributed by atoms with Crippen LogP contribution >= 0.6 is 11.8 Å². The number of carbonyl (C=O) groups is 1. The Kier molecular flexibility index (Phi) is 6.44. The molecule has 0 aliphatic carbocycles. The SMILES string of the molecule is CN(C)CCn1nnnc1SC1CCN(C(=O)Oc2ccc3cccnc3c2)CC1. The third kappa shape index (κ3) is 5.06. The number of tetrazole rings is 1. The van der Waals surface area contributed by atoms with Crippen LogP contribution in [0.3, 0.4) is 0 Å². The quantitative estimate of drug-likeness (QED) is 0.593. The summed E-state index contributed by atoms with van der Waals surface area (Å²) in [4.78, 5) is 20.7. The molecule has 1 saturated heterocycles. The Morgan fingerprint density at radius 3 is 2.90 bits per heavy atom. The number of amides is 1. The Bertz CT molecular complexity index is 1000. The number of thioether (sulfide) groups is 1. The molecule has 0 unspecified atom stereocenters. The Morgan fingerprint density at radius 1 is 1.27 bits per heavy atom. The minimum Gasteiger partial charge on any atom is -0.410 e. The van der Waals surface area contributed by atoms with E-state index in [9.17, 15) is 4.79 Å². The number of ether oxygens (including phenoxy) is 1. The van der Waals surface area contributed by atoms with E-state index in [-0.39, 0.29) is 6.09 Å². The average molecular weight is 428 g/mol. The highest BCUT2D eigenvalue weighted by molar-refractivity contribution is 7.99. The molecule has 0 atom stereocenters. The van der Waals surface area contributed by atoms with E-state index >= 15 is 0 Å². The van der Waals surface area contributed by atoms with Crippen molar-refractivity contribution in [3.05, 3.63) is 36.5 Å². The number of likely N-dealkylation sites (tertiary alicyclic amines) is 1. The molecule has 1 aliphatic heterocycles. The zero-order valence-corrected chi connectivity index (χ0v) is 18.0. The molecule has 3 heterocycles. The summed E-state index contributed by atoms with van der Waals surface area (Å²) in [7, 11) is 4.06. The number of rotatable bonds is 6. The lowest BCUT2D eigenvalue weighted by atomic mass is 10.1. The van der Waals surface area contributed by atoms with Crippen molar-refractivity contribution in [2.45, 2.75) is 29.8 Å². The van der Waals surface area contributed by atoms with Gasteiger partial charge in [-0.3, -0.25) is 4.98 Å². The number of piperidine rings is 1. The zero-order chi connectivity index (χ0) is 20.9. The van der Waals surface area contributed by atoms with Crippen LogP contribution in [-0.2, 0) is 6.54 Å². The molecule has 1 aromatic carbocycles. The number of nitrogens with zero attached hydrogens (tertiary/aromatic N) is 7. The van der Waals surface area contributed by atoms with Gasteiger partial charge in [0.15, 0.2) is 0 Å². The molecule has 0 spiro atoms. The standard InChI is InChI=1S/C20H25N7O2S/c1-25(2)12-13-27-19(22-23-24-27)30-17-7-10-26(11-8-17)20(28)29-16-6-5-15-4-3-9-21-18(15)14-16/h3-6,9,14,17H,7-8,10-13H2,1-2H3. The minimum atomic E-state index is -0.315. The highest BCUT2D eigenvalue weighted by atomic mass is 32.2. The van der Waals surface area contributed by atoms with Crippen LogP contribution in [-0.4, -0.2) is 80.1 Å². The molecule has 1 fully saturated rings. The number of benzene rings is 1. The maximum absolute atomic E-state index is 12.6. The summed E-state index contributed by atoms with van der Waals surface area (Å²) >= 11 is 1.69. The van der Waals surface area contributed by atoms with Crippen LogP contribution in [0.2, 0.25) is 0 Å². The highest BCUT2D eigenvalue weighted by Crippen LogP contribution is 2.29. The number of carbonyl (C=O) groups excluding carboxylic acids is 1. The molecule has 0 saturated carbocycles. The van der Waals surface area contributed by atoms with Crippen LogP contribution < -0.4 is 4.74 Å². The van der Waals surface area contributed by atoms with Gasteiger partial charge >= 0.3 is 6.09 Å². The topological polar surface area (TPSA) is 89.3 Å². The van der Waals surface area contributed by atoms with Gasteiger partial charge in [0.25, 0.3) is 0 Å². The summed E-state index contributed by atoms with van der Waals surface area (Å²) in [5, 5.41) is 14.3. The van der Waals surface area contributed by atoms with Crippen LogP contribution in [0.5, 0.6) is 5.75 Å². The summed E-state index contributed by atoms with van der Waals surface area (Å²) in [5.41, 5.74) is 0.810. The first-order valence-electron chi connectivity index (χ1n) is 9.97. The second-order valence-corrected chi connectivity index (χ2v) is 8.79. The average Bonchev–Trinajstić information content (AvgIpc) is 3.19. The van der Waals surface area contributed by atoms with E-state index in [2.05, 4.69) is 25.4 Å². The molecule has 0 bridgehead atoms. The third-order valence-corrected chi connectivity index (χ3v) is 6.32. The smallest absolute Gasteiger partial charge is 0.410 e. The number of hydrogen-bond donors (Lipinski definition) is 0. The second-order valence-electron chi connectivity index (χ2n) is 7.52. The molecule has 158 valence electrons. The number of aromatic nitrogens is 5. The summed E-state index contributed by atoms with van der Waals surface area (Å²) in [6, 6.07) is 9.37. The van der Waals surface area contributed by atoms with Crippen molar-refractivity contribution >= 4 is 28.8 Å². The van der Waals surface area contributed by atoms with E-state index in [1.807, 2.05) is 37.0 Å². The second kappa shape index (κ2) is 9.40. The van der Waals surface area contributed by atoms with Gasteiger partial charge < -0.3 is 14.5 Å². The molecule has 0 N–H and O–H groups in total. The summed E-state index contributed by atoms with van der Waals surface area (Å²) in [6.45, 7) is 2.95. The first kappa shape index (κ1) is 20.5. The van der Waals surface area contributed by atoms with Gasteiger partial charge in [0.2, 0.25) is 5.16 Å². The Balaban J connectivity index is 1.29. The van der Waals surface area contributed by atoms with Crippen molar-refractivity contribution in [1.82, 2.24) is 35.0 Å². The van der Waals surface area contributed by atoms with Gasteiger partial charge in [-0.1, -0.05) is 17.8 Å². The number of pyridine rings is 1. The predicted octanol–water partition coefficient (Wildman–Crippen LogP) is 2.54. The first-order chi connectivity index (χ1) is 14.6. The zero-order valence-electron chi connectivity index (χ0n) is 17.1. The molecule has 10 heteroatoms. The van der Waals surface area contributed by atoms with E-state index in [4.69, 9.17) is 4.74 Å². The molecule has 2 aromatic heterocycles. The number of fused-ring (bicyclic) bond motifs is 1. The lowest BCUT2D eigenvalue weighted by Crippen LogP contribution is -2.41. The molecule has 9 nitrogen and oxygen atoms in total. The Labute approximate surface area is 179 Å². The molecule has 1 aliphatic rings. The molecule has 1 amide bonds. The van der Waals surface area contributed by atoms with Crippen LogP contribution in [0.1, 0.15) is 12.8 Å². The number of hydrogen-bond acceptors (Lipinski definition) is 8. The molecular formula is C20H25N7O2S. The van der Waals surface area contributed by atoms with Crippen LogP contribution in [0.25, 0.3) is 10.9 Å². The third-order valence-electron chi connectivity index (χ3n) is 5.01. The van der Waals surface area contributed by atoms with Crippen molar-refractivity contribution in [3.63, 3.8) is 0 Å². The summed E-state index contributed by atoms with van der Waals surface area (Å²) in [5.74, 6) is 0.516. The van der Waals surface area contributed by atoms with Crippen molar-refractivity contribution in [1.29, 1.82) is 0 Å². The largest absolute Gasteiger partial charge is 0.415 e. The predicted molar refractivity (Wildman–Crippen MR) is 115 cm³/mol. The number of likely N-dealkylation sites (N-methyl/N-ethyl adjacent to an activating group) is 1. The monoisotopic (exact) mass is 427 g/mol. The fourth-order valence-corrected chi connectivity index (χ4v) is 4.37. The maximum Gasteiger partial charge on any atom is 0.415 e. The van der Waals surface area contributed by atoms with Gasteiger partial charge in [-0.05, 0) is 55.6 Å². The summed E-state index contributed by atoms with van der Waals surface area (Å²) in [6.07, 6.45) is 3.16. The molecular weight excluding hydrogens is 402 g/mol. The normalized spacial score (nSPS) is 15.1.